The molecule has 0 aliphatic heterocycles. The summed E-state index contributed by atoms with van der Waals surface area (Å²) in [5.41, 5.74) is -0.00229. The van der Waals surface area contributed by atoms with Gasteiger partial charge in [-0.3, -0.25) is 0 Å². The van der Waals surface area contributed by atoms with Crippen LogP contribution < -0.4 is 0 Å². The van der Waals surface area contributed by atoms with Crippen molar-refractivity contribution >= 4 is 0 Å². The monoisotopic (exact) mass is 194 g/mol. The van der Waals surface area contributed by atoms with E-state index in [9.17, 15) is 10.2 Å². The van der Waals surface area contributed by atoms with E-state index in [1.54, 1.807) is 0 Å². The summed E-state index contributed by atoms with van der Waals surface area (Å²) in [7, 11) is 0. The second-order valence-electron chi connectivity index (χ2n) is 5.33. The Kier molecular flexibility index (Phi) is 1.67. The minimum atomic E-state index is -0.708. The zero-order valence-electron chi connectivity index (χ0n) is 8.45. The van der Waals surface area contributed by atoms with E-state index in [1.807, 2.05) is 0 Å². The summed E-state index contributed by atoms with van der Waals surface area (Å²) in [5, 5.41) is 20.4. The van der Waals surface area contributed by atoms with Gasteiger partial charge in [-0.05, 0) is 42.6 Å². The van der Waals surface area contributed by atoms with Gasteiger partial charge in [0.1, 0.15) is 0 Å². The largest absolute Gasteiger partial charge is 0.389 e. The lowest BCUT2D eigenvalue weighted by Gasteiger charge is -2.31. The average Bonchev–Trinajstić information content (AvgIpc) is 2.74. The topological polar surface area (TPSA) is 40.5 Å². The molecule has 2 heteroatoms. The first-order valence-corrected chi connectivity index (χ1v) is 5.73. The second kappa shape index (κ2) is 2.61. The lowest BCUT2D eigenvalue weighted by molar-refractivity contribution is 0.0116. The van der Waals surface area contributed by atoms with Gasteiger partial charge in [0.2, 0.25) is 0 Å². The second-order valence-corrected chi connectivity index (χ2v) is 5.33. The van der Waals surface area contributed by atoms with Gasteiger partial charge in [-0.2, -0.15) is 0 Å². The van der Waals surface area contributed by atoms with Crippen molar-refractivity contribution in [1.82, 2.24) is 0 Å². The highest BCUT2D eigenvalue weighted by molar-refractivity contribution is 5.31. The molecule has 0 amide bonds. The third-order valence-electron chi connectivity index (χ3n) is 4.86. The van der Waals surface area contributed by atoms with Gasteiger partial charge in [-0.25, -0.2) is 0 Å². The van der Waals surface area contributed by atoms with E-state index in [2.05, 4.69) is 6.58 Å². The molecular formula is C12H18O2. The highest BCUT2D eigenvalue weighted by atomic mass is 16.3. The van der Waals surface area contributed by atoms with Crippen molar-refractivity contribution in [1.29, 1.82) is 0 Å². The molecular weight excluding hydrogens is 176 g/mol. The predicted octanol–water partition coefficient (Wildman–Crippen LogP) is 1.47. The maximum Gasteiger partial charge on any atom is 0.0938 e. The molecule has 14 heavy (non-hydrogen) atoms. The molecule has 3 aliphatic rings. The standard InChI is InChI=1S/C12H18O2/c1-7-11(13)6-9-5-8-3-2-4-10(8)12(7,9)14/h8-11,13-14H,1-6H2. The van der Waals surface area contributed by atoms with Crippen molar-refractivity contribution in [2.24, 2.45) is 17.8 Å². The molecule has 5 unspecified atom stereocenters. The average molecular weight is 194 g/mol. The Labute approximate surface area is 84.6 Å². The first-order chi connectivity index (χ1) is 6.64. The van der Waals surface area contributed by atoms with Crippen LogP contribution in [0.25, 0.3) is 0 Å². The summed E-state index contributed by atoms with van der Waals surface area (Å²) in [4.78, 5) is 0. The molecule has 3 fully saturated rings. The van der Waals surface area contributed by atoms with E-state index in [1.165, 1.54) is 12.8 Å². The maximum absolute atomic E-state index is 10.7. The van der Waals surface area contributed by atoms with E-state index >= 15 is 0 Å². The van der Waals surface area contributed by atoms with Gasteiger partial charge >= 0.3 is 0 Å². The minimum Gasteiger partial charge on any atom is -0.389 e. The molecule has 3 aliphatic carbocycles. The van der Waals surface area contributed by atoms with E-state index < -0.39 is 11.7 Å². The van der Waals surface area contributed by atoms with E-state index in [-0.39, 0.29) is 0 Å². The van der Waals surface area contributed by atoms with Crippen LogP contribution in [-0.2, 0) is 0 Å². The van der Waals surface area contributed by atoms with Crippen molar-refractivity contribution in [3.63, 3.8) is 0 Å². The predicted molar refractivity (Wildman–Crippen MR) is 53.7 cm³/mol. The van der Waals surface area contributed by atoms with Gasteiger partial charge in [0.25, 0.3) is 0 Å². The first-order valence-electron chi connectivity index (χ1n) is 5.73. The number of hydrogen-bond donors (Lipinski definition) is 2. The van der Waals surface area contributed by atoms with Crippen LogP contribution in [0.1, 0.15) is 32.1 Å². The van der Waals surface area contributed by atoms with Crippen LogP contribution in [0.5, 0.6) is 0 Å². The smallest absolute Gasteiger partial charge is 0.0938 e. The Balaban J connectivity index is 1.99. The fourth-order valence-electron chi connectivity index (χ4n) is 4.20. The van der Waals surface area contributed by atoms with Gasteiger partial charge in [0.05, 0.1) is 11.7 Å². The molecule has 0 aromatic carbocycles. The van der Waals surface area contributed by atoms with Crippen molar-refractivity contribution < 1.29 is 10.2 Å². The summed E-state index contributed by atoms with van der Waals surface area (Å²) in [6, 6.07) is 0. The Bertz CT molecular complexity index is 286. The number of aliphatic hydroxyl groups excluding tert-OH is 1. The molecule has 0 radical (unpaired) electrons. The molecule has 3 saturated carbocycles. The number of aliphatic hydroxyl groups is 2. The SMILES string of the molecule is C=C1C(O)CC2CC3CCCC3C12O. The summed E-state index contributed by atoms with van der Waals surface area (Å²) >= 11 is 0. The molecule has 0 spiro atoms. The summed E-state index contributed by atoms with van der Waals surface area (Å²) < 4.78 is 0. The summed E-state index contributed by atoms with van der Waals surface area (Å²) in [6.45, 7) is 3.91. The highest BCUT2D eigenvalue weighted by Crippen LogP contribution is 2.60. The van der Waals surface area contributed by atoms with Gasteiger partial charge < -0.3 is 10.2 Å². The minimum absolute atomic E-state index is 0.292. The Morgan fingerprint density at radius 1 is 1.29 bits per heavy atom. The third-order valence-corrected chi connectivity index (χ3v) is 4.86. The Hall–Kier alpha value is -0.340. The third kappa shape index (κ3) is 0.842. The number of rotatable bonds is 0. The molecule has 3 rings (SSSR count). The fraction of sp³-hybridized carbons (Fsp3) is 0.833. The van der Waals surface area contributed by atoms with Crippen molar-refractivity contribution in [3.8, 4) is 0 Å². The van der Waals surface area contributed by atoms with Crippen LogP contribution in [-0.4, -0.2) is 21.9 Å². The zero-order chi connectivity index (χ0) is 9.92. The lowest BCUT2D eigenvalue weighted by atomic mass is 9.82. The Morgan fingerprint density at radius 3 is 2.86 bits per heavy atom. The Morgan fingerprint density at radius 2 is 2.07 bits per heavy atom. The first kappa shape index (κ1) is 8.93. The van der Waals surface area contributed by atoms with Gasteiger partial charge in [-0.1, -0.05) is 19.4 Å². The summed E-state index contributed by atoms with van der Waals surface area (Å²) in [5.74, 6) is 1.40. The molecule has 0 aromatic rings. The maximum atomic E-state index is 10.7. The molecule has 2 N–H and O–H groups in total. The van der Waals surface area contributed by atoms with Crippen LogP contribution in [0.4, 0.5) is 0 Å². The van der Waals surface area contributed by atoms with Crippen LogP contribution >= 0.6 is 0 Å². The van der Waals surface area contributed by atoms with Gasteiger partial charge in [0, 0.05) is 0 Å². The molecule has 0 bridgehead atoms. The number of fused-ring (bicyclic) bond motifs is 3. The van der Waals surface area contributed by atoms with E-state index in [0.717, 1.165) is 19.3 Å². The molecule has 0 heterocycles. The quantitative estimate of drug-likeness (QED) is 0.573. The van der Waals surface area contributed by atoms with Crippen LogP contribution in [0.2, 0.25) is 0 Å². The highest BCUT2D eigenvalue weighted by Gasteiger charge is 2.61. The van der Waals surface area contributed by atoms with Gasteiger partial charge in [0.15, 0.2) is 0 Å². The molecule has 5 atom stereocenters. The summed E-state index contributed by atoms with van der Waals surface area (Å²) in [6.07, 6.45) is 5.04. The van der Waals surface area contributed by atoms with Crippen LogP contribution in [0.3, 0.4) is 0 Å². The van der Waals surface area contributed by atoms with Crippen molar-refractivity contribution in [2.75, 3.05) is 0 Å². The van der Waals surface area contributed by atoms with Crippen molar-refractivity contribution in [2.45, 2.75) is 43.8 Å². The fourth-order valence-corrected chi connectivity index (χ4v) is 4.20. The zero-order valence-corrected chi connectivity index (χ0v) is 8.45. The molecule has 78 valence electrons. The van der Waals surface area contributed by atoms with Crippen LogP contribution in [0, 0.1) is 17.8 Å². The van der Waals surface area contributed by atoms with E-state index in [0.29, 0.717) is 23.3 Å². The molecule has 2 nitrogen and oxygen atoms in total. The molecule has 0 saturated heterocycles. The number of hydrogen-bond acceptors (Lipinski definition) is 2. The molecule has 0 aromatic heterocycles. The van der Waals surface area contributed by atoms with Crippen molar-refractivity contribution in [3.05, 3.63) is 12.2 Å². The van der Waals surface area contributed by atoms with Gasteiger partial charge in [-0.15, -0.1) is 0 Å². The van der Waals surface area contributed by atoms with E-state index in [4.69, 9.17) is 0 Å². The normalized spacial score (nSPS) is 56.3. The van der Waals surface area contributed by atoms with Crippen LogP contribution in [0.15, 0.2) is 12.2 Å². The lowest BCUT2D eigenvalue weighted by Crippen LogP contribution is -2.38.